The van der Waals surface area contributed by atoms with Crippen molar-refractivity contribution in [2.75, 3.05) is 13.1 Å². The maximum Gasteiger partial charge on any atom is 0.424 e. The topological polar surface area (TPSA) is 39.6 Å². The van der Waals surface area contributed by atoms with Crippen molar-refractivity contribution in [1.82, 2.24) is 4.57 Å². The van der Waals surface area contributed by atoms with Gasteiger partial charge in [0.1, 0.15) is 0 Å². The van der Waals surface area contributed by atoms with Crippen molar-refractivity contribution in [3.05, 3.63) is 34.8 Å². The Bertz CT molecular complexity index is 564. The van der Waals surface area contributed by atoms with E-state index in [0.29, 0.717) is 5.58 Å². The Morgan fingerprint density at radius 1 is 1.18 bits per heavy atom. The minimum Gasteiger partial charge on any atom is -0.408 e. The summed E-state index contributed by atoms with van der Waals surface area (Å²) >= 11 is 0. The predicted octanol–water partition coefficient (Wildman–Crippen LogP) is 0.621. The van der Waals surface area contributed by atoms with E-state index in [1.54, 1.807) is 4.57 Å². The van der Waals surface area contributed by atoms with Crippen LogP contribution in [-0.4, -0.2) is 17.7 Å². The van der Waals surface area contributed by atoms with Gasteiger partial charge in [0.2, 0.25) is 0 Å². The molecule has 1 N–H and O–H groups in total. The number of fused-ring (bicyclic) bond motifs is 1. The van der Waals surface area contributed by atoms with E-state index >= 15 is 0 Å². The fraction of sp³-hybridized carbons (Fsp3) is 0.462. The Morgan fingerprint density at radius 2 is 1.94 bits per heavy atom. The standard InChI is InChI=1S/C13H16N2O2/c16-13-15(10-14-8-4-1-5-9-14)11-6-2-3-7-12(11)17-13/h2-3,6-7H,1,4-5,8-10H2/p+1. The lowest BCUT2D eigenvalue weighted by Crippen LogP contribution is -3.12. The fourth-order valence-corrected chi connectivity index (χ4v) is 2.60. The predicted molar refractivity (Wildman–Crippen MR) is 65.0 cm³/mol. The first-order valence-electron chi connectivity index (χ1n) is 6.26. The molecule has 0 atom stereocenters. The first kappa shape index (κ1) is 10.6. The average Bonchev–Trinajstić information content (AvgIpc) is 2.68. The van der Waals surface area contributed by atoms with Gasteiger partial charge in [-0.25, -0.2) is 9.36 Å². The molecule has 0 saturated carbocycles. The Hall–Kier alpha value is -1.55. The van der Waals surface area contributed by atoms with Gasteiger partial charge in [0, 0.05) is 0 Å². The number of aromatic nitrogens is 1. The van der Waals surface area contributed by atoms with E-state index < -0.39 is 0 Å². The van der Waals surface area contributed by atoms with Crippen molar-refractivity contribution in [2.45, 2.75) is 25.9 Å². The SMILES string of the molecule is O=c1oc2ccccc2n1C[NH+]1CCCCC1. The van der Waals surface area contributed by atoms with Crippen LogP contribution >= 0.6 is 0 Å². The van der Waals surface area contributed by atoms with E-state index in [9.17, 15) is 4.79 Å². The maximum atomic E-state index is 11.8. The average molecular weight is 233 g/mol. The van der Waals surface area contributed by atoms with Crippen LogP contribution < -0.4 is 10.7 Å². The van der Waals surface area contributed by atoms with Gasteiger partial charge in [0.05, 0.1) is 18.6 Å². The first-order valence-corrected chi connectivity index (χ1v) is 6.26. The van der Waals surface area contributed by atoms with Crippen LogP contribution in [0.3, 0.4) is 0 Å². The third-order valence-electron chi connectivity index (χ3n) is 3.52. The highest BCUT2D eigenvalue weighted by Gasteiger charge is 2.17. The molecule has 4 heteroatoms. The molecule has 0 unspecified atom stereocenters. The molecule has 0 aliphatic carbocycles. The molecular weight excluding hydrogens is 216 g/mol. The highest BCUT2D eigenvalue weighted by atomic mass is 16.4. The van der Waals surface area contributed by atoms with Crippen LogP contribution in [0.5, 0.6) is 0 Å². The molecule has 1 aliphatic rings. The second kappa shape index (κ2) is 4.37. The van der Waals surface area contributed by atoms with Crippen LogP contribution in [0.25, 0.3) is 11.1 Å². The molecule has 4 nitrogen and oxygen atoms in total. The van der Waals surface area contributed by atoms with Gasteiger partial charge in [-0.1, -0.05) is 12.1 Å². The second-order valence-electron chi connectivity index (χ2n) is 4.73. The second-order valence-corrected chi connectivity index (χ2v) is 4.73. The third kappa shape index (κ3) is 2.00. The Kier molecular flexibility index (Phi) is 2.73. The summed E-state index contributed by atoms with van der Waals surface area (Å²) in [5.74, 6) is -0.232. The summed E-state index contributed by atoms with van der Waals surface area (Å²) in [5.41, 5.74) is 1.60. The molecule has 1 fully saturated rings. The highest BCUT2D eigenvalue weighted by molar-refractivity contribution is 5.72. The van der Waals surface area contributed by atoms with Crippen molar-refractivity contribution < 1.29 is 9.32 Å². The number of para-hydroxylation sites is 2. The molecule has 1 aromatic carbocycles. The lowest BCUT2D eigenvalue weighted by atomic mass is 10.1. The van der Waals surface area contributed by atoms with Gasteiger partial charge in [0.25, 0.3) is 0 Å². The number of piperidine rings is 1. The number of quaternary nitrogens is 1. The molecule has 1 aromatic heterocycles. The van der Waals surface area contributed by atoms with Crippen LogP contribution in [0.4, 0.5) is 0 Å². The Morgan fingerprint density at radius 3 is 2.76 bits per heavy atom. The smallest absolute Gasteiger partial charge is 0.408 e. The summed E-state index contributed by atoms with van der Waals surface area (Å²) in [6, 6.07) is 7.63. The number of benzene rings is 1. The number of nitrogens with one attached hydrogen (secondary N) is 1. The fourth-order valence-electron chi connectivity index (χ4n) is 2.60. The zero-order valence-corrected chi connectivity index (χ0v) is 9.82. The number of likely N-dealkylation sites (tertiary alicyclic amines) is 1. The van der Waals surface area contributed by atoms with Gasteiger partial charge >= 0.3 is 5.76 Å². The summed E-state index contributed by atoms with van der Waals surface area (Å²) in [7, 11) is 0. The number of nitrogens with zero attached hydrogens (tertiary/aromatic N) is 1. The molecule has 1 aliphatic heterocycles. The van der Waals surface area contributed by atoms with E-state index in [1.165, 1.54) is 24.2 Å². The maximum absolute atomic E-state index is 11.8. The Labute approximate surface area is 99.4 Å². The summed E-state index contributed by atoms with van der Waals surface area (Å²) in [5, 5.41) is 0. The van der Waals surface area contributed by atoms with Crippen molar-refractivity contribution in [2.24, 2.45) is 0 Å². The van der Waals surface area contributed by atoms with E-state index in [2.05, 4.69) is 0 Å². The first-order chi connectivity index (χ1) is 8.34. The molecule has 0 radical (unpaired) electrons. The molecule has 3 rings (SSSR count). The number of oxazole rings is 1. The zero-order chi connectivity index (χ0) is 11.7. The molecule has 2 heterocycles. The molecule has 17 heavy (non-hydrogen) atoms. The summed E-state index contributed by atoms with van der Waals surface area (Å²) in [4.78, 5) is 13.3. The summed E-state index contributed by atoms with van der Waals surface area (Å²) in [6.45, 7) is 3.05. The normalized spacial score (nSPS) is 17.6. The van der Waals surface area contributed by atoms with Crippen LogP contribution in [-0.2, 0) is 6.67 Å². The molecule has 1 saturated heterocycles. The number of hydrogen-bond acceptors (Lipinski definition) is 2. The van der Waals surface area contributed by atoms with Crippen LogP contribution in [0.15, 0.2) is 33.5 Å². The minimum absolute atomic E-state index is 0.232. The van der Waals surface area contributed by atoms with Gasteiger partial charge < -0.3 is 9.32 Å². The highest BCUT2D eigenvalue weighted by Crippen LogP contribution is 2.10. The van der Waals surface area contributed by atoms with Crippen LogP contribution in [0, 0.1) is 0 Å². The van der Waals surface area contributed by atoms with E-state index in [0.717, 1.165) is 25.3 Å². The van der Waals surface area contributed by atoms with Crippen molar-refractivity contribution in [3.8, 4) is 0 Å². The molecule has 90 valence electrons. The molecule has 0 spiro atoms. The van der Waals surface area contributed by atoms with Crippen LogP contribution in [0.2, 0.25) is 0 Å². The van der Waals surface area contributed by atoms with Crippen molar-refractivity contribution >= 4 is 11.1 Å². The van der Waals surface area contributed by atoms with Crippen molar-refractivity contribution in [3.63, 3.8) is 0 Å². The Balaban J connectivity index is 1.93. The largest absolute Gasteiger partial charge is 0.424 e. The van der Waals surface area contributed by atoms with Gasteiger partial charge in [-0.05, 0) is 31.4 Å². The van der Waals surface area contributed by atoms with Crippen LogP contribution in [0.1, 0.15) is 19.3 Å². The van der Waals surface area contributed by atoms with Crippen molar-refractivity contribution in [1.29, 1.82) is 0 Å². The molecular formula is C13H17N2O2+. The lowest BCUT2D eigenvalue weighted by Gasteiger charge is -2.23. The van der Waals surface area contributed by atoms with E-state index in [1.807, 2.05) is 24.3 Å². The van der Waals surface area contributed by atoms with Gasteiger partial charge in [0.15, 0.2) is 12.3 Å². The summed E-state index contributed by atoms with van der Waals surface area (Å²) < 4.78 is 6.99. The number of rotatable bonds is 2. The third-order valence-corrected chi connectivity index (χ3v) is 3.52. The molecule has 0 bridgehead atoms. The van der Waals surface area contributed by atoms with E-state index in [-0.39, 0.29) is 5.76 Å². The molecule has 0 amide bonds. The van der Waals surface area contributed by atoms with Gasteiger partial charge in [-0.3, -0.25) is 0 Å². The zero-order valence-electron chi connectivity index (χ0n) is 9.82. The number of hydrogen-bond donors (Lipinski definition) is 1. The minimum atomic E-state index is -0.232. The summed E-state index contributed by atoms with van der Waals surface area (Å²) in [6.07, 6.45) is 3.85. The quantitative estimate of drug-likeness (QED) is 0.826. The van der Waals surface area contributed by atoms with E-state index in [4.69, 9.17) is 4.42 Å². The lowest BCUT2D eigenvalue weighted by molar-refractivity contribution is -0.927. The molecule has 2 aromatic rings. The monoisotopic (exact) mass is 233 g/mol. The van der Waals surface area contributed by atoms with Gasteiger partial charge in [-0.2, -0.15) is 0 Å². The van der Waals surface area contributed by atoms with Gasteiger partial charge in [-0.15, -0.1) is 0 Å².